The Kier molecular flexibility index (Phi) is 8.21. The number of esters is 1. The van der Waals surface area contributed by atoms with Crippen molar-refractivity contribution in [2.45, 2.75) is 78.4 Å². The highest BCUT2D eigenvalue weighted by Crippen LogP contribution is 2.42. The summed E-state index contributed by atoms with van der Waals surface area (Å²) in [7, 11) is 0. The molecule has 194 valence electrons. The van der Waals surface area contributed by atoms with Crippen LogP contribution in [-0.2, 0) is 16.0 Å². The van der Waals surface area contributed by atoms with Gasteiger partial charge in [0, 0.05) is 18.2 Å². The molecule has 7 heteroatoms. The molecule has 37 heavy (non-hydrogen) atoms. The Hall–Kier alpha value is -3.74. The van der Waals surface area contributed by atoms with E-state index in [9.17, 15) is 4.79 Å². The lowest BCUT2D eigenvalue weighted by molar-refractivity contribution is -0.154. The number of aromatic nitrogens is 3. The molecule has 3 heterocycles. The number of benzene rings is 1. The predicted molar refractivity (Wildman–Crippen MR) is 144 cm³/mol. The molecule has 1 unspecified atom stereocenters. The van der Waals surface area contributed by atoms with E-state index in [1.165, 1.54) is 6.33 Å². The number of nitrogens with zero attached hydrogens (tertiary/aromatic N) is 3. The fraction of sp³-hybridized carbons (Fsp3) is 0.400. The quantitative estimate of drug-likeness (QED) is 0.168. The summed E-state index contributed by atoms with van der Waals surface area (Å²) in [6.07, 6.45) is 6.89. The van der Waals surface area contributed by atoms with Crippen LogP contribution in [0.25, 0.3) is 33.7 Å². The van der Waals surface area contributed by atoms with Crippen LogP contribution >= 0.6 is 0 Å². The fourth-order valence-electron chi connectivity index (χ4n) is 4.16. The van der Waals surface area contributed by atoms with Crippen molar-refractivity contribution in [3.05, 3.63) is 60.6 Å². The highest BCUT2D eigenvalue weighted by molar-refractivity contribution is 6.02. The van der Waals surface area contributed by atoms with E-state index in [1.807, 2.05) is 70.3 Å². The summed E-state index contributed by atoms with van der Waals surface area (Å²) in [4.78, 5) is 25.6. The molecule has 0 aliphatic heterocycles. The molecule has 0 amide bonds. The van der Waals surface area contributed by atoms with Gasteiger partial charge < -0.3 is 13.9 Å². The number of ether oxygens (including phenoxy) is 2. The summed E-state index contributed by atoms with van der Waals surface area (Å²) in [6.45, 7) is 9.75. The molecule has 0 fully saturated rings. The van der Waals surface area contributed by atoms with Gasteiger partial charge in [0.05, 0.1) is 17.4 Å². The molecule has 0 aliphatic rings. The van der Waals surface area contributed by atoms with E-state index in [-0.39, 0.29) is 12.1 Å². The number of furan rings is 1. The first-order valence-electron chi connectivity index (χ1n) is 12.9. The van der Waals surface area contributed by atoms with Crippen LogP contribution in [0.5, 0.6) is 5.88 Å². The van der Waals surface area contributed by atoms with E-state index >= 15 is 0 Å². The lowest BCUT2D eigenvalue weighted by Gasteiger charge is -2.19. The number of pyridine rings is 1. The number of carbonyl (C=O) groups excluding carboxylic acids is 1. The number of rotatable bonds is 10. The Balaban J connectivity index is 1.58. The molecule has 4 rings (SSSR count). The normalized spacial score (nSPS) is 12.5. The summed E-state index contributed by atoms with van der Waals surface area (Å²) < 4.78 is 18.0. The Morgan fingerprint density at radius 2 is 1.81 bits per heavy atom. The zero-order valence-corrected chi connectivity index (χ0v) is 22.3. The molecule has 0 aliphatic carbocycles. The van der Waals surface area contributed by atoms with Gasteiger partial charge in [-0.15, -0.1) is 0 Å². The maximum absolute atomic E-state index is 12.0. The van der Waals surface area contributed by atoms with Crippen molar-refractivity contribution in [2.75, 3.05) is 0 Å². The first-order valence-corrected chi connectivity index (χ1v) is 12.9. The Morgan fingerprint density at radius 1 is 1.03 bits per heavy atom. The zero-order chi connectivity index (χ0) is 26.4. The van der Waals surface area contributed by atoms with E-state index in [1.54, 1.807) is 0 Å². The van der Waals surface area contributed by atoms with Gasteiger partial charge in [0.25, 0.3) is 0 Å². The van der Waals surface area contributed by atoms with Crippen LogP contribution in [0.15, 0.2) is 59.4 Å². The van der Waals surface area contributed by atoms with Crippen LogP contribution in [0.1, 0.15) is 65.9 Å². The average Bonchev–Trinajstić information content (AvgIpc) is 3.27. The second-order valence-electron chi connectivity index (χ2n) is 10.2. The van der Waals surface area contributed by atoms with Crippen LogP contribution < -0.4 is 4.74 Å². The molecule has 0 N–H and O–H groups in total. The first kappa shape index (κ1) is 26.3. The summed E-state index contributed by atoms with van der Waals surface area (Å²) in [5.41, 5.74) is 3.68. The molecule has 4 aromatic rings. The molecule has 0 spiro atoms. The summed E-state index contributed by atoms with van der Waals surface area (Å²) in [6, 6.07) is 14.0. The summed E-state index contributed by atoms with van der Waals surface area (Å²) in [5.74, 6) is 0.978. The molecular formula is C30H35N3O4. The molecule has 0 saturated heterocycles. The van der Waals surface area contributed by atoms with Crippen molar-refractivity contribution in [2.24, 2.45) is 0 Å². The van der Waals surface area contributed by atoms with E-state index in [4.69, 9.17) is 18.9 Å². The second kappa shape index (κ2) is 11.5. The SMILES string of the molecule is CCc1ccc(-c2c(-c3ccccc3)oc3ncnc(OC(C)CCCCC(=O)OC(C)(C)C)c23)nc1. The fourth-order valence-corrected chi connectivity index (χ4v) is 4.16. The van der Waals surface area contributed by atoms with Crippen molar-refractivity contribution in [3.8, 4) is 28.5 Å². The molecular weight excluding hydrogens is 466 g/mol. The lowest BCUT2D eigenvalue weighted by atomic mass is 10.0. The minimum atomic E-state index is -0.460. The minimum absolute atomic E-state index is 0.116. The molecule has 0 bridgehead atoms. The smallest absolute Gasteiger partial charge is 0.306 e. The average molecular weight is 502 g/mol. The third-order valence-corrected chi connectivity index (χ3v) is 5.95. The summed E-state index contributed by atoms with van der Waals surface area (Å²) >= 11 is 0. The van der Waals surface area contributed by atoms with Gasteiger partial charge in [-0.3, -0.25) is 9.78 Å². The van der Waals surface area contributed by atoms with Crippen molar-refractivity contribution in [1.82, 2.24) is 15.0 Å². The number of hydrogen-bond donors (Lipinski definition) is 0. The Morgan fingerprint density at radius 3 is 2.49 bits per heavy atom. The number of fused-ring (bicyclic) bond motifs is 1. The van der Waals surface area contributed by atoms with Gasteiger partial charge in [0.2, 0.25) is 11.6 Å². The standard InChI is InChI=1S/C30H35N3O4/c1-6-21-16-17-23(31-18-21)25-26-28(35-20(2)12-10-11-15-24(34)37-30(3,4)5)32-19-33-29(26)36-27(25)22-13-8-7-9-14-22/h7-9,13-14,16-20H,6,10-12,15H2,1-5H3. The van der Waals surface area contributed by atoms with Crippen LogP contribution in [0.3, 0.4) is 0 Å². The minimum Gasteiger partial charge on any atom is -0.474 e. The monoisotopic (exact) mass is 501 g/mol. The third kappa shape index (κ3) is 6.73. The van der Waals surface area contributed by atoms with Gasteiger partial charge in [-0.05, 0) is 65.0 Å². The maximum atomic E-state index is 12.0. The van der Waals surface area contributed by atoms with Gasteiger partial charge >= 0.3 is 5.97 Å². The lowest BCUT2D eigenvalue weighted by Crippen LogP contribution is -2.23. The molecule has 1 atom stereocenters. The van der Waals surface area contributed by atoms with Crippen LogP contribution in [-0.4, -0.2) is 32.6 Å². The van der Waals surface area contributed by atoms with Crippen molar-refractivity contribution in [1.29, 1.82) is 0 Å². The largest absolute Gasteiger partial charge is 0.474 e. The van der Waals surface area contributed by atoms with Crippen molar-refractivity contribution >= 4 is 17.1 Å². The topological polar surface area (TPSA) is 87.3 Å². The van der Waals surface area contributed by atoms with Gasteiger partial charge in [-0.25, -0.2) is 9.97 Å². The first-order chi connectivity index (χ1) is 17.7. The number of hydrogen-bond acceptors (Lipinski definition) is 7. The molecule has 1 aromatic carbocycles. The second-order valence-corrected chi connectivity index (χ2v) is 10.2. The highest BCUT2D eigenvalue weighted by atomic mass is 16.6. The molecule has 3 aromatic heterocycles. The summed E-state index contributed by atoms with van der Waals surface area (Å²) in [5, 5.41) is 0.707. The molecule has 7 nitrogen and oxygen atoms in total. The van der Waals surface area contributed by atoms with Crippen LogP contribution in [0.2, 0.25) is 0 Å². The van der Waals surface area contributed by atoms with E-state index in [0.717, 1.165) is 48.1 Å². The zero-order valence-electron chi connectivity index (χ0n) is 22.3. The Labute approximate surface area is 218 Å². The molecule has 0 saturated carbocycles. The predicted octanol–water partition coefficient (Wildman–Crippen LogP) is 7.18. The molecule has 0 radical (unpaired) electrons. The van der Waals surface area contributed by atoms with Gasteiger partial charge in [-0.1, -0.05) is 43.3 Å². The van der Waals surface area contributed by atoms with E-state index in [2.05, 4.69) is 23.0 Å². The van der Waals surface area contributed by atoms with Gasteiger partial charge in [-0.2, -0.15) is 0 Å². The van der Waals surface area contributed by atoms with Crippen LogP contribution in [0.4, 0.5) is 0 Å². The highest BCUT2D eigenvalue weighted by Gasteiger charge is 2.24. The van der Waals surface area contributed by atoms with Crippen molar-refractivity contribution in [3.63, 3.8) is 0 Å². The van der Waals surface area contributed by atoms with Crippen LogP contribution in [0, 0.1) is 0 Å². The third-order valence-electron chi connectivity index (χ3n) is 5.95. The van der Waals surface area contributed by atoms with E-state index < -0.39 is 5.60 Å². The Bertz CT molecular complexity index is 1320. The van der Waals surface area contributed by atoms with Gasteiger partial charge in [0.15, 0.2) is 0 Å². The number of carbonyl (C=O) groups is 1. The van der Waals surface area contributed by atoms with E-state index in [0.29, 0.717) is 29.2 Å². The number of unbranched alkanes of at least 4 members (excludes halogenated alkanes) is 1. The van der Waals surface area contributed by atoms with Crippen molar-refractivity contribution < 1.29 is 18.7 Å². The van der Waals surface area contributed by atoms with Gasteiger partial charge in [0.1, 0.15) is 23.1 Å². The maximum Gasteiger partial charge on any atom is 0.306 e. The number of aryl methyl sites for hydroxylation is 1.